The molecule has 4 aromatic rings. The molecule has 0 spiro atoms. The average molecular weight is 276 g/mol. The Morgan fingerprint density at radius 2 is 1.57 bits per heavy atom. The van der Waals surface area contributed by atoms with E-state index < -0.39 is 5.63 Å². The average Bonchev–Trinajstić information content (AvgIpc) is 2.86. The van der Waals surface area contributed by atoms with Gasteiger partial charge in [0.2, 0.25) is 5.58 Å². The largest absolute Gasteiger partial charge is 0.453 e. The van der Waals surface area contributed by atoms with Crippen molar-refractivity contribution in [3.05, 3.63) is 70.8 Å². The van der Waals surface area contributed by atoms with E-state index in [4.69, 9.17) is 8.83 Å². The van der Waals surface area contributed by atoms with Gasteiger partial charge in [0, 0.05) is 16.3 Å². The third-order valence-electron chi connectivity index (χ3n) is 3.69. The summed E-state index contributed by atoms with van der Waals surface area (Å²) >= 11 is 0. The Kier molecular flexibility index (Phi) is 2.48. The highest BCUT2D eigenvalue weighted by molar-refractivity contribution is 6.11. The number of rotatable bonds is 1. The number of benzene rings is 2. The molecule has 0 amide bonds. The molecule has 2 aromatic heterocycles. The lowest BCUT2D eigenvalue weighted by Gasteiger charge is -2.02. The molecule has 0 N–H and O–H groups in total. The van der Waals surface area contributed by atoms with Gasteiger partial charge in [-0.1, -0.05) is 48.5 Å². The zero-order valence-corrected chi connectivity index (χ0v) is 11.4. The summed E-state index contributed by atoms with van der Waals surface area (Å²) in [6, 6.07) is 17.5. The van der Waals surface area contributed by atoms with E-state index in [-0.39, 0.29) is 5.58 Å². The Hall–Kier alpha value is -2.81. The molecule has 0 aliphatic heterocycles. The minimum Gasteiger partial charge on any atom is -0.453 e. The predicted molar refractivity (Wildman–Crippen MR) is 82.4 cm³/mol. The normalized spacial score (nSPS) is 11.3. The van der Waals surface area contributed by atoms with Crippen molar-refractivity contribution in [1.29, 1.82) is 0 Å². The number of furan rings is 1. The van der Waals surface area contributed by atoms with Crippen molar-refractivity contribution in [3.8, 4) is 11.1 Å². The smallest absolute Gasteiger partial charge is 0.380 e. The first-order valence-corrected chi connectivity index (χ1v) is 6.76. The number of para-hydroxylation sites is 1. The second-order valence-corrected chi connectivity index (χ2v) is 4.99. The van der Waals surface area contributed by atoms with Crippen LogP contribution in [0.1, 0.15) is 5.76 Å². The Balaban J connectivity index is 2.26. The van der Waals surface area contributed by atoms with Crippen molar-refractivity contribution in [3.63, 3.8) is 0 Å². The van der Waals surface area contributed by atoms with Gasteiger partial charge in [-0.2, -0.15) is 0 Å². The van der Waals surface area contributed by atoms with Crippen LogP contribution in [0.4, 0.5) is 0 Å². The first-order valence-electron chi connectivity index (χ1n) is 6.76. The molecular weight excluding hydrogens is 264 g/mol. The zero-order chi connectivity index (χ0) is 14.4. The van der Waals surface area contributed by atoms with Crippen LogP contribution >= 0.6 is 0 Å². The molecule has 0 atom stereocenters. The molecule has 0 bridgehead atoms. The van der Waals surface area contributed by atoms with Gasteiger partial charge in [0.05, 0.1) is 0 Å². The quantitative estimate of drug-likeness (QED) is 0.480. The van der Waals surface area contributed by atoms with Crippen LogP contribution in [-0.4, -0.2) is 0 Å². The zero-order valence-electron chi connectivity index (χ0n) is 11.4. The fourth-order valence-corrected chi connectivity index (χ4v) is 2.81. The van der Waals surface area contributed by atoms with E-state index in [1.54, 1.807) is 6.07 Å². The molecule has 0 unspecified atom stereocenters. The molecule has 4 rings (SSSR count). The van der Waals surface area contributed by atoms with Crippen molar-refractivity contribution in [2.24, 2.45) is 0 Å². The molecule has 0 fully saturated rings. The summed E-state index contributed by atoms with van der Waals surface area (Å²) in [5.74, 6) is 0.722. The summed E-state index contributed by atoms with van der Waals surface area (Å²) in [5.41, 5.74) is 2.41. The molecule has 0 saturated heterocycles. The van der Waals surface area contributed by atoms with Gasteiger partial charge in [-0.25, -0.2) is 4.79 Å². The highest BCUT2D eigenvalue weighted by Gasteiger charge is 2.19. The number of hydrogen-bond donors (Lipinski definition) is 0. The van der Waals surface area contributed by atoms with Gasteiger partial charge in [0.1, 0.15) is 11.3 Å². The molecule has 0 aliphatic carbocycles. The molecule has 2 heterocycles. The summed E-state index contributed by atoms with van der Waals surface area (Å²) in [4.78, 5) is 12.1. The van der Waals surface area contributed by atoms with Crippen LogP contribution in [0.15, 0.2) is 68.2 Å². The van der Waals surface area contributed by atoms with Gasteiger partial charge in [0.15, 0.2) is 0 Å². The van der Waals surface area contributed by atoms with Crippen LogP contribution in [0.25, 0.3) is 33.1 Å². The maximum Gasteiger partial charge on any atom is 0.380 e. The van der Waals surface area contributed by atoms with Crippen molar-refractivity contribution >= 4 is 21.9 Å². The molecule has 21 heavy (non-hydrogen) atoms. The van der Waals surface area contributed by atoms with Crippen LogP contribution in [0.5, 0.6) is 0 Å². The van der Waals surface area contributed by atoms with E-state index >= 15 is 0 Å². The lowest BCUT2D eigenvalue weighted by atomic mass is 10.0. The van der Waals surface area contributed by atoms with E-state index in [0.717, 1.165) is 27.7 Å². The van der Waals surface area contributed by atoms with Crippen molar-refractivity contribution in [2.45, 2.75) is 6.92 Å². The van der Waals surface area contributed by atoms with Crippen molar-refractivity contribution < 1.29 is 8.83 Å². The van der Waals surface area contributed by atoms with Crippen molar-refractivity contribution in [1.82, 2.24) is 0 Å². The van der Waals surface area contributed by atoms with E-state index in [2.05, 4.69) is 0 Å². The van der Waals surface area contributed by atoms with E-state index in [9.17, 15) is 4.79 Å². The molecule has 0 saturated carbocycles. The monoisotopic (exact) mass is 276 g/mol. The van der Waals surface area contributed by atoms with Gasteiger partial charge < -0.3 is 8.83 Å². The van der Waals surface area contributed by atoms with E-state index in [0.29, 0.717) is 5.58 Å². The van der Waals surface area contributed by atoms with Gasteiger partial charge in [-0.3, -0.25) is 0 Å². The lowest BCUT2D eigenvalue weighted by molar-refractivity contribution is 0.521. The molecule has 3 heteroatoms. The first kappa shape index (κ1) is 12.0. The Morgan fingerprint density at radius 1 is 0.857 bits per heavy atom. The van der Waals surface area contributed by atoms with Crippen LogP contribution in [0, 0.1) is 6.92 Å². The summed E-state index contributed by atoms with van der Waals surface area (Å²) in [5, 5.41) is 1.72. The van der Waals surface area contributed by atoms with E-state index in [1.165, 1.54) is 0 Å². The van der Waals surface area contributed by atoms with E-state index in [1.807, 2.05) is 55.5 Å². The molecule has 3 nitrogen and oxygen atoms in total. The SMILES string of the molecule is Cc1oc2c(=O)oc3ccccc3c2c1-c1ccccc1. The van der Waals surface area contributed by atoms with Gasteiger partial charge in [-0.15, -0.1) is 0 Å². The van der Waals surface area contributed by atoms with Gasteiger partial charge in [-0.05, 0) is 18.6 Å². The highest BCUT2D eigenvalue weighted by Crippen LogP contribution is 2.37. The minimum absolute atomic E-state index is 0.282. The number of hydrogen-bond acceptors (Lipinski definition) is 3. The molecule has 0 aliphatic rings. The Bertz CT molecular complexity index is 1010. The molecule has 102 valence electrons. The predicted octanol–water partition coefficient (Wildman–Crippen LogP) is 4.51. The first-order chi connectivity index (χ1) is 10.3. The summed E-state index contributed by atoms with van der Waals surface area (Å²) < 4.78 is 11.0. The molecule has 0 radical (unpaired) electrons. The second-order valence-electron chi connectivity index (χ2n) is 4.99. The number of aryl methyl sites for hydroxylation is 1. The Morgan fingerprint density at radius 3 is 2.38 bits per heavy atom. The molecular formula is C18H12O3. The summed E-state index contributed by atoms with van der Waals surface area (Å²) in [7, 11) is 0. The summed E-state index contributed by atoms with van der Waals surface area (Å²) in [6.45, 7) is 1.87. The standard InChI is InChI=1S/C18H12O3/c1-11-15(12-7-3-2-4-8-12)16-13-9-5-6-10-14(13)21-18(19)17(16)20-11/h2-10H,1H3. The topological polar surface area (TPSA) is 43.4 Å². The maximum atomic E-state index is 12.1. The fraction of sp³-hybridized carbons (Fsp3) is 0.0556. The maximum absolute atomic E-state index is 12.1. The van der Waals surface area contributed by atoms with Crippen LogP contribution in [0.2, 0.25) is 0 Å². The third kappa shape index (κ3) is 1.71. The van der Waals surface area contributed by atoms with Crippen LogP contribution in [-0.2, 0) is 0 Å². The van der Waals surface area contributed by atoms with Crippen LogP contribution in [0.3, 0.4) is 0 Å². The van der Waals surface area contributed by atoms with Gasteiger partial charge >= 0.3 is 5.63 Å². The summed E-state index contributed by atoms with van der Waals surface area (Å²) in [6.07, 6.45) is 0. The van der Waals surface area contributed by atoms with Gasteiger partial charge in [0.25, 0.3) is 0 Å². The minimum atomic E-state index is -0.436. The number of fused-ring (bicyclic) bond motifs is 3. The lowest BCUT2D eigenvalue weighted by Crippen LogP contribution is -1.97. The fourth-order valence-electron chi connectivity index (χ4n) is 2.81. The van der Waals surface area contributed by atoms with Crippen LogP contribution < -0.4 is 5.63 Å². The Labute approximate surface area is 120 Å². The van der Waals surface area contributed by atoms with Crippen molar-refractivity contribution in [2.75, 3.05) is 0 Å². The highest BCUT2D eigenvalue weighted by atomic mass is 16.4. The second kappa shape index (κ2) is 4.35. The molecule has 2 aromatic carbocycles. The third-order valence-corrected chi connectivity index (χ3v) is 3.69.